The molecule has 2 unspecified atom stereocenters. The van der Waals surface area contributed by atoms with Crippen molar-refractivity contribution in [1.82, 2.24) is 0 Å². The maximum Gasteiger partial charge on any atom is 0.302 e. The lowest BCUT2D eigenvalue weighted by Gasteiger charge is -2.24. The molecule has 1 saturated carbocycles. The van der Waals surface area contributed by atoms with Crippen LogP contribution in [-0.4, -0.2) is 25.2 Å². The van der Waals surface area contributed by atoms with Crippen LogP contribution in [0.15, 0.2) is 55.1 Å². The van der Waals surface area contributed by atoms with Gasteiger partial charge in [0.05, 0.1) is 13.2 Å². The lowest BCUT2D eigenvalue weighted by Crippen LogP contribution is -2.27. The number of unbranched alkanes of at least 4 members (excludes halogenated alkanes) is 1. The van der Waals surface area contributed by atoms with Crippen molar-refractivity contribution >= 4 is 11.9 Å². The zero-order chi connectivity index (χ0) is 20.4. The van der Waals surface area contributed by atoms with Gasteiger partial charge in [-0.2, -0.15) is 0 Å². The van der Waals surface area contributed by atoms with E-state index < -0.39 is 0 Å². The highest BCUT2D eigenvalue weighted by atomic mass is 16.5. The summed E-state index contributed by atoms with van der Waals surface area (Å²) < 4.78 is 10.6. The number of hydrogen-bond donors (Lipinski definition) is 0. The highest BCUT2D eigenvalue weighted by Crippen LogP contribution is 2.43. The fraction of sp³-hybridized carbons (Fsp3) is 0.500. The molecule has 1 aromatic carbocycles. The van der Waals surface area contributed by atoms with E-state index in [9.17, 15) is 9.59 Å². The summed E-state index contributed by atoms with van der Waals surface area (Å²) in [5.41, 5.74) is 1.36. The Labute approximate surface area is 168 Å². The van der Waals surface area contributed by atoms with Gasteiger partial charge in [-0.15, -0.1) is 6.58 Å². The normalized spacial score (nSPS) is 24.2. The molecule has 4 atom stereocenters. The lowest BCUT2D eigenvalue weighted by molar-refractivity contribution is -0.147. The third-order valence-electron chi connectivity index (χ3n) is 5.52. The molecular weight excluding hydrogens is 352 g/mol. The van der Waals surface area contributed by atoms with Crippen molar-refractivity contribution in [2.24, 2.45) is 23.7 Å². The predicted octanol–water partition coefficient (Wildman–Crippen LogP) is 4.75. The molecular formula is C24H32O4. The second-order valence-corrected chi connectivity index (χ2v) is 7.54. The molecule has 1 fully saturated rings. The third kappa shape index (κ3) is 6.99. The predicted molar refractivity (Wildman–Crippen MR) is 111 cm³/mol. The van der Waals surface area contributed by atoms with Crippen LogP contribution in [0.25, 0.3) is 0 Å². The van der Waals surface area contributed by atoms with E-state index in [1.165, 1.54) is 19.4 Å². The van der Waals surface area contributed by atoms with Gasteiger partial charge in [0.1, 0.15) is 0 Å². The number of carbonyl (C=O) groups is 2. The fourth-order valence-electron chi connectivity index (χ4n) is 4.05. The van der Waals surface area contributed by atoms with Gasteiger partial charge in [-0.1, -0.05) is 48.6 Å². The van der Waals surface area contributed by atoms with E-state index in [0.717, 1.165) is 25.7 Å². The topological polar surface area (TPSA) is 52.6 Å². The van der Waals surface area contributed by atoms with Crippen LogP contribution in [-0.2, 0) is 25.5 Å². The first-order chi connectivity index (χ1) is 13.5. The first-order valence-electron chi connectivity index (χ1n) is 10.1. The van der Waals surface area contributed by atoms with Crippen LogP contribution in [0.1, 0.15) is 38.7 Å². The summed E-state index contributed by atoms with van der Waals surface area (Å²) in [6.45, 7) is 7.50. The molecule has 0 saturated heterocycles. The number of benzene rings is 1. The van der Waals surface area contributed by atoms with Crippen LogP contribution in [0, 0.1) is 23.7 Å². The molecule has 28 heavy (non-hydrogen) atoms. The van der Waals surface area contributed by atoms with Crippen LogP contribution in [0.4, 0.5) is 0 Å². The summed E-state index contributed by atoms with van der Waals surface area (Å²) in [6.07, 6.45) is 10.6. The van der Waals surface area contributed by atoms with Gasteiger partial charge in [0, 0.05) is 25.7 Å². The van der Waals surface area contributed by atoms with Crippen LogP contribution < -0.4 is 0 Å². The van der Waals surface area contributed by atoms with Crippen LogP contribution >= 0.6 is 0 Å². The maximum absolute atomic E-state index is 11.3. The molecule has 1 aliphatic carbocycles. The molecule has 4 nitrogen and oxygen atoms in total. The minimum absolute atomic E-state index is 0.125. The Morgan fingerprint density at radius 2 is 1.64 bits per heavy atom. The minimum Gasteiger partial charge on any atom is -0.466 e. The average molecular weight is 385 g/mol. The summed E-state index contributed by atoms with van der Waals surface area (Å²) in [5, 5.41) is 0. The summed E-state index contributed by atoms with van der Waals surface area (Å²) in [5.74, 6) is 0.239. The largest absolute Gasteiger partial charge is 0.466 e. The van der Waals surface area contributed by atoms with Gasteiger partial charge in [-0.3, -0.25) is 9.59 Å². The first kappa shape index (κ1) is 21.9. The number of esters is 2. The Morgan fingerprint density at radius 1 is 1.04 bits per heavy atom. The van der Waals surface area contributed by atoms with Gasteiger partial charge >= 0.3 is 11.9 Å². The van der Waals surface area contributed by atoms with E-state index in [4.69, 9.17) is 9.47 Å². The zero-order valence-corrected chi connectivity index (χ0v) is 17.0. The Bertz CT molecular complexity index is 664. The van der Waals surface area contributed by atoms with Gasteiger partial charge in [0.25, 0.3) is 0 Å². The number of rotatable bonds is 10. The van der Waals surface area contributed by atoms with Crippen LogP contribution in [0.5, 0.6) is 0 Å². The molecule has 0 aliphatic heterocycles. The SMILES string of the molecule is C=CC1CC(/C=C/CCCc2ccccc2)[C@H](COC(C)=O)[C@@H]1COC(C)=O. The summed E-state index contributed by atoms with van der Waals surface area (Å²) in [4.78, 5) is 22.6. The lowest BCUT2D eigenvalue weighted by atomic mass is 9.87. The summed E-state index contributed by atoms with van der Waals surface area (Å²) in [6, 6.07) is 10.5. The van der Waals surface area contributed by atoms with Crippen molar-refractivity contribution in [1.29, 1.82) is 0 Å². The summed E-state index contributed by atoms with van der Waals surface area (Å²) in [7, 11) is 0. The van der Waals surface area contributed by atoms with Crippen molar-refractivity contribution in [3.8, 4) is 0 Å². The highest BCUT2D eigenvalue weighted by Gasteiger charge is 2.41. The van der Waals surface area contributed by atoms with Crippen molar-refractivity contribution in [2.45, 2.75) is 39.5 Å². The van der Waals surface area contributed by atoms with Gasteiger partial charge in [0.15, 0.2) is 0 Å². The zero-order valence-electron chi connectivity index (χ0n) is 17.0. The molecule has 4 heteroatoms. The minimum atomic E-state index is -0.283. The Balaban J connectivity index is 1.95. The molecule has 1 aliphatic rings. The number of aryl methyl sites for hydroxylation is 1. The van der Waals surface area contributed by atoms with Gasteiger partial charge in [-0.25, -0.2) is 0 Å². The molecule has 0 bridgehead atoms. The van der Waals surface area contributed by atoms with E-state index in [0.29, 0.717) is 19.1 Å². The maximum atomic E-state index is 11.3. The Morgan fingerprint density at radius 3 is 2.21 bits per heavy atom. The van der Waals surface area contributed by atoms with E-state index in [-0.39, 0.29) is 29.7 Å². The van der Waals surface area contributed by atoms with E-state index in [1.807, 2.05) is 12.1 Å². The van der Waals surface area contributed by atoms with Crippen molar-refractivity contribution in [3.05, 3.63) is 60.7 Å². The molecule has 0 N–H and O–H groups in total. The standard InChI is InChI=1S/C24H32O4/c1-4-21-15-22(14-10-6-9-13-20-11-7-5-8-12-20)24(17-28-19(3)26)23(21)16-27-18(2)25/h4-5,7-8,10-12,14,21-24H,1,6,9,13,15-17H2,2-3H3/b14-10+/t21?,22?,23-,24+/m1/s1. The molecule has 0 heterocycles. The molecule has 2 rings (SSSR count). The second-order valence-electron chi connectivity index (χ2n) is 7.54. The number of carbonyl (C=O) groups excluding carboxylic acids is 2. The van der Waals surface area contributed by atoms with E-state index >= 15 is 0 Å². The Hall–Kier alpha value is -2.36. The van der Waals surface area contributed by atoms with Crippen molar-refractivity contribution < 1.29 is 19.1 Å². The smallest absolute Gasteiger partial charge is 0.302 e. The number of ether oxygens (including phenoxy) is 2. The Kier molecular flexibility index (Phi) is 8.99. The van der Waals surface area contributed by atoms with Crippen molar-refractivity contribution in [3.63, 3.8) is 0 Å². The molecule has 0 amide bonds. The molecule has 152 valence electrons. The molecule has 1 aromatic rings. The van der Waals surface area contributed by atoms with Gasteiger partial charge in [0.2, 0.25) is 0 Å². The number of hydrogen-bond acceptors (Lipinski definition) is 4. The first-order valence-corrected chi connectivity index (χ1v) is 10.1. The average Bonchev–Trinajstić information content (AvgIpc) is 3.01. The van der Waals surface area contributed by atoms with Gasteiger partial charge in [-0.05, 0) is 43.1 Å². The molecule has 0 spiro atoms. The van der Waals surface area contributed by atoms with Crippen LogP contribution in [0.3, 0.4) is 0 Å². The summed E-state index contributed by atoms with van der Waals surface area (Å²) >= 11 is 0. The van der Waals surface area contributed by atoms with E-state index in [1.54, 1.807) is 0 Å². The van der Waals surface area contributed by atoms with E-state index in [2.05, 4.69) is 43.0 Å². The monoisotopic (exact) mass is 384 g/mol. The second kappa shape index (κ2) is 11.5. The fourth-order valence-corrected chi connectivity index (χ4v) is 4.05. The molecule has 0 radical (unpaired) electrons. The van der Waals surface area contributed by atoms with Gasteiger partial charge < -0.3 is 9.47 Å². The molecule has 0 aromatic heterocycles. The quantitative estimate of drug-likeness (QED) is 0.332. The van der Waals surface area contributed by atoms with Crippen molar-refractivity contribution in [2.75, 3.05) is 13.2 Å². The third-order valence-corrected chi connectivity index (χ3v) is 5.52. The highest BCUT2D eigenvalue weighted by molar-refractivity contribution is 5.66. The van der Waals surface area contributed by atoms with Crippen LogP contribution in [0.2, 0.25) is 0 Å². The number of allylic oxidation sites excluding steroid dienone is 3.